The van der Waals surface area contributed by atoms with Gasteiger partial charge in [-0.2, -0.15) is 0 Å². The van der Waals surface area contributed by atoms with E-state index in [-0.39, 0.29) is 6.61 Å². The summed E-state index contributed by atoms with van der Waals surface area (Å²) in [4.78, 5) is 4.94. The predicted octanol–water partition coefficient (Wildman–Crippen LogP) is 1.97. The van der Waals surface area contributed by atoms with Crippen LogP contribution in [0.5, 0.6) is 5.75 Å². The minimum atomic E-state index is 0.101. The van der Waals surface area contributed by atoms with Crippen LogP contribution >= 0.6 is 0 Å². The number of aliphatic hydroxyl groups is 1. The second-order valence-corrected chi connectivity index (χ2v) is 6.43. The molecule has 1 aliphatic rings. The van der Waals surface area contributed by atoms with Gasteiger partial charge in [0.1, 0.15) is 5.75 Å². The fraction of sp³-hybridized carbons (Fsp3) is 0.500. The van der Waals surface area contributed by atoms with E-state index in [2.05, 4.69) is 46.2 Å². The van der Waals surface area contributed by atoms with Crippen LogP contribution in [0.25, 0.3) is 10.8 Å². The molecule has 0 aliphatic carbocycles. The van der Waals surface area contributed by atoms with Crippen LogP contribution in [0.4, 0.5) is 0 Å². The Kier molecular flexibility index (Phi) is 6.64. The molecule has 3 rings (SSSR count). The quantitative estimate of drug-likeness (QED) is 0.742. The number of fused-ring (bicyclic) bond motifs is 1. The average Bonchev–Trinajstić information content (AvgIpc) is 2.67. The fourth-order valence-electron chi connectivity index (χ4n) is 3.42. The molecule has 0 spiro atoms. The molecule has 5 nitrogen and oxygen atoms in total. The molecule has 136 valence electrons. The van der Waals surface area contributed by atoms with Crippen molar-refractivity contribution in [3.05, 3.63) is 42.0 Å². The van der Waals surface area contributed by atoms with Crippen molar-refractivity contribution >= 4 is 10.8 Å². The Labute approximate surface area is 149 Å². The van der Waals surface area contributed by atoms with E-state index in [1.165, 1.54) is 16.3 Å². The van der Waals surface area contributed by atoms with Crippen molar-refractivity contribution < 1.29 is 14.6 Å². The van der Waals surface area contributed by atoms with E-state index in [4.69, 9.17) is 14.6 Å². The van der Waals surface area contributed by atoms with Gasteiger partial charge in [-0.3, -0.25) is 9.80 Å². The van der Waals surface area contributed by atoms with E-state index < -0.39 is 0 Å². The van der Waals surface area contributed by atoms with Crippen molar-refractivity contribution in [3.8, 4) is 5.75 Å². The highest BCUT2D eigenvalue weighted by Gasteiger charge is 2.17. The highest BCUT2D eigenvalue weighted by molar-refractivity contribution is 5.91. The summed E-state index contributed by atoms with van der Waals surface area (Å²) in [5, 5.41) is 11.2. The normalized spacial score (nSPS) is 16.4. The first-order chi connectivity index (χ1) is 12.3. The van der Waals surface area contributed by atoms with Crippen LogP contribution in [-0.4, -0.2) is 74.6 Å². The molecule has 0 amide bonds. The monoisotopic (exact) mass is 344 g/mol. The van der Waals surface area contributed by atoms with Gasteiger partial charge in [-0.15, -0.1) is 0 Å². The maximum atomic E-state index is 8.73. The third kappa shape index (κ3) is 4.70. The van der Waals surface area contributed by atoms with E-state index in [0.717, 1.165) is 45.0 Å². The number of benzene rings is 2. The summed E-state index contributed by atoms with van der Waals surface area (Å²) in [6.07, 6.45) is 0. The van der Waals surface area contributed by atoms with Gasteiger partial charge in [0.2, 0.25) is 0 Å². The first kappa shape index (κ1) is 18.1. The smallest absolute Gasteiger partial charge is 0.126 e. The summed E-state index contributed by atoms with van der Waals surface area (Å²) in [7, 11) is 1.73. The first-order valence-electron chi connectivity index (χ1n) is 8.99. The average molecular weight is 344 g/mol. The van der Waals surface area contributed by atoms with Crippen LogP contribution in [-0.2, 0) is 11.3 Å². The van der Waals surface area contributed by atoms with Crippen LogP contribution in [0.1, 0.15) is 5.56 Å². The van der Waals surface area contributed by atoms with Gasteiger partial charge in [0, 0.05) is 44.7 Å². The Morgan fingerprint density at radius 1 is 0.920 bits per heavy atom. The molecule has 0 aromatic heterocycles. The molecule has 0 radical (unpaired) electrons. The summed E-state index contributed by atoms with van der Waals surface area (Å²) >= 11 is 0. The van der Waals surface area contributed by atoms with Gasteiger partial charge in [0.05, 0.1) is 26.9 Å². The Morgan fingerprint density at radius 3 is 2.36 bits per heavy atom. The van der Waals surface area contributed by atoms with E-state index in [0.29, 0.717) is 13.2 Å². The molecule has 1 aliphatic heterocycles. The largest absolute Gasteiger partial charge is 0.496 e. The van der Waals surface area contributed by atoms with Crippen LogP contribution in [0.15, 0.2) is 36.4 Å². The van der Waals surface area contributed by atoms with Crippen molar-refractivity contribution in [1.82, 2.24) is 9.80 Å². The molecule has 0 atom stereocenters. The van der Waals surface area contributed by atoms with Crippen LogP contribution < -0.4 is 4.74 Å². The second kappa shape index (κ2) is 9.15. The zero-order valence-corrected chi connectivity index (χ0v) is 15.0. The van der Waals surface area contributed by atoms with Crippen molar-refractivity contribution in [1.29, 1.82) is 0 Å². The zero-order chi connectivity index (χ0) is 17.5. The predicted molar refractivity (Wildman–Crippen MR) is 100 cm³/mol. The Hall–Kier alpha value is -1.66. The molecular weight excluding hydrogens is 316 g/mol. The standard InChI is InChI=1S/C20H28N2O3/c1-24-20-7-6-17(18-4-2-3-5-19(18)20)16-22-10-8-21(9-11-22)12-14-25-15-13-23/h2-7,23H,8-16H2,1H3. The molecule has 2 aromatic carbocycles. The number of methoxy groups -OCH3 is 1. The molecule has 25 heavy (non-hydrogen) atoms. The van der Waals surface area contributed by atoms with E-state index in [9.17, 15) is 0 Å². The summed E-state index contributed by atoms with van der Waals surface area (Å²) in [6, 6.07) is 12.7. The second-order valence-electron chi connectivity index (χ2n) is 6.43. The fourth-order valence-corrected chi connectivity index (χ4v) is 3.42. The lowest BCUT2D eigenvalue weighted by atomic mass is 10.0. The van der Waals surface area contributed by atoms with Gasteiger partial charge in [-0.05, 0) is 17.0 Å². The van der Waals surface area contributed by atoms with Crippen LogP contribution in [0.2, 0.25) is 0 Å². The molecule has 1 heterocycles. The number of hydrogen-bond donors (Lipinski definition) is 1. The third-order valence-corrected chi connectivity index (χ3v) is 4.84. The molecule has 0 saturated carbocycles. The van der Waals surface area contributed by atoms with Crippen molar-refractivity contribution in [2.75, 3.05) is 59.7 Å². The molecule has 0 bridgehead atoms. The first-order valence-corrected chi connectivity index (χ1v) is 8.99. The molecule has 1 N–H and O–H groups in total. The van der Waals surface area contributed by atoms with Gasteiger partial charge in [0.15, 0.2) is 0 Å². The number of piperazine rings is 1. The van der Waals surface area contributed by atoms with Gasteiger partial charge in [0.25, 0.3) is 0 Å². The Bertz CT molecular complexity index is 669. The van der Waals surface area contributed by atoms with Gasteiger partial charge >= 0.3 is 0 Å². The summed E-state index contributed by atoms with van der Waals surface area (Å²) in [5.41, 5.74) is 1.36. The number of hydrogen-bond acceptors (Lipinski definition) is 5. The minimum Gasteiger partial charge on any atom is -0.496 e. The number of rotatable bonds is 8. The summed E-state index contributed by atoms with van der Waals surface area (Å²) < 4.78 is 10.9. The Balaban J connectivity index is 1.57. The maximum absolute atomic E-state index is 8.73. The van der Waals surface area contributed by atoms with E-state index in [1.54, 1.807) is 7.11 Å². The van der Waals surface area contributed by atoms with Gasteiger partial charge in [-0.1, -0.05) is 30.3 Å². The van der Waals surface area contributed by atoms with Crippen LogP contribution in [0, 0.1) is 0 Å². The molecule has 1 saturated heterocycles. The minimum absolute atomic E-state index is 0.101. The zero-order valence-electron chi connectivity index (χ0n) is 15.0. The van der Waals surface area contributed by atoms with E-state index in [1.807, 2.05) is 0 Å². The molecule has 5 heteroatoms. The van der Waals surface area contributed by atoms with Gasteiger partial charge in [-0.25, -0.2) is 0 Å². The molecular formula is C20H28N2O3. The summed E-state index contributed by atoms with van der Waals surface area (Å²) in [5.74, 6) is 0.937. The lowest BCUT2D eigenvalue weighted by Crippen LogP contribution is -2.46. The van der Waals surface area contributed by atoms with E-state index >= 15 is 0 Å². The lowest BCUT2D eigenvalue weighted by Gasteiger charge is -2.34. The maximum Gasteiger partial charge on any atom is 0.126 e. The van der Waals surface area contributed by atoms with Crippen molar-refractivity contribution in [3.63, 3.8) is 0 Å². The lowest BCUT2D eigenvalue weighted by molar-refractivity contribution is 0.0564. The highest BCUT2D eigenvalue weighted by Crippen LogP contribution is 2.29. The van der Waals surface area contributed by atoms with Crippen molar-refractivity contribution in [2.24, 2.45) is 0 Å². The number of nitrogens with zero attached hydrogens (tertiary/aromatic N) is 2. The van der Waals surface area contributed by atoms with Crippen LogP contribution in [0.3, 0.4) is 0 Å². The highest BCUT2D eigenvalue weighted by atomic mass is 16.5. The summed E-state index contributed by atoms with van der Waals surface area (Å²) in [6.45, 7) is 7.42. The molecule has 1 fully saturated rings. The topological polar surface area (TPSA) is 45.2 Å². The molecule has 2 aromatic rings. The number of ether oxygens (including phenoxy) is 2. The van der Waals surface area contributed by atoms with Gasteiger partial charge < -0.3 is 14.6 Å². The Morgan fingerprint density at radius 2 is 1.64 bits per heavy atom. The number of aliphatic hydroxyl groups excluding tert-OH is 1. The van der Waals surface area contributed by atoms with Crippen molar-refractivity contribution in [2.45, 2.75) is 6.54 Å². The molecule has 0 unspecified atom stereocenters. The third-order valence-electron chi connectivity index (χ3n) is 4.84. The SMILES string of the molecule is COc1ccc(CN2CCN(CCOCCO)CC2)c2ccccc12.